The normalized spacial score (nSPS) is 55.3. The van der Waals surface area contributed by atoms with Crippen LogP contribution in [0.4, 0.5) is 0 Å². The summed E-state index contributed by atoms with van der Waals surface area (Å²) in [6, 6.07) is 0. The zero-order chi connectivity index (χ0) is 18.4. The summed E-state index contributed by atoms with van der Waals surface area (Å²) in [5.41, 5.74) is -4.46. The average Bonchev–Trinajstić information content (AvgIpc) is 2.77. The first-order valence-electron chi connectivity index (χ1n) is 9.10. The Labute approximate surface area is 146 Å². The lowest BCUT2D eigenvalue weighted by atomic mass is 9.45. The Balaban J connectivity index is 1.88. The van der Waals surface area contributed by atoms with Crippen molar-refractivity contribution in [2.75, 3.05) is 0 Å². The molecule has 4 aliphatic carbocycles. The van der Waals surface area contributed by atoms with Crippen molar-refractivity contribution < 1.29 is 30.0 Å². The van der Waals surface area contributed by atoms with Crippen molar-refractivity contribution in [3.8, 4) is 0 Å². The lowest BCUT2D eigenvalue weighted by Crippen LogP contribution is -2.68. The number of ketones is 2. The molecule has 7 atom stereocenters. The predicted octanol–water partition coefficient (Wildman–Crippen LogP) is 0.259. The van der Waals surface area contributed by atoms with Crippen molar-refractivity contribution in [2.24, 2.45) is 16.7 Å². The first-order valence-corrected chi connectivity index (χ1v) is 9.10. The Kier molecular flexibility index (Phi) is 3.33. The smallest absolute Gasteiger partial charge is 0.187 e. The maximum atomic E-state index is 12.9. The minimum atomic E-state index is -1.76. The van der Waals surface area contributed by atoms with Gasteiger partial charge in [-0.1, -0.05) is 6.92 Å². The molecule has 3 fully saturated rings. The standard InChI is InChI=1S/C19H26O6/c1-16-5-3-10-11(18(16,24)6-4-14(16)22)7-15(23)19(25)9-13(21)12(20)8-17(10,19)2/h7,10,12-13,20-21,24-25H,3-6,8-9H2,1-2H3. The average molecular weight is 350 g/mol. The molecule has 0 aromatic carbocycles. The minimum Gasteiger partial charge on any atom is -0.390 e. The summed E-state index contributed by atoms with van der Waals surface area (Å²) in [6.07, 6.45) is 0.650. The number of carbonyl (C=O) groups is 2. The van der Waals surface area contributed by atoms with Crippen LogP contribution < -0.4 is 0 Å². The number of fused-ring (bicyclic) bond motifs is 5. The molecule has 0 bridgehead atoms. The van der Waals surface area contributed by atoms with Crippen LogP contribution in [-0.2, 0) is 9.59 Å². The van der Waals surface area contributed by atoms with Crippen LogP contribution in [0.2, 0.25) is 0 Å². The van der Waals surface area contributed by atoms with Gasteiger partial charge in [-0.05, 0) is 50.2 Å². The monoisotopic (exact) mass is 350 g/mol. The third-order valence-electron chi connectivity index (χ3n) is 8.02. The molecule has 138 valence electrons. The zero-order valence-electron chi connectivity index (χ0n) is 14.7. The molecule has 3 saturated carbocycles. The number of Topliss-reactive ketones (excluding diaryl/α,β-unsaturated/α-hetero) is 1. The van der Waals surface area contributed by atoms with Gasteiger partial charge in [-0.2, -0.15) is 0 Å². The lowest BCUT2D eigenvalue weighted by molar-refractivity contribution is -0.205. The van der Waals surface area contributed by atoms with Gasteiger partial charge in [0.25, 0.3) is 0 Å². The molecule has 0 aromatic rings. The van der Waals surface area contributed by atoms with E-state index in [9.17, 15) is 30.0 Å². The van der Waals surface area contributed by atoms with Gasteiger partial charge in [0, 0.05) is 18.3 Å². The summed E-state index contributed by atoms with van der Waals surface area (Å²) in [6.45, 7) is 3.53. The highest BCUT2D eigenvalue weighted by atomic mass is 16.3. The Hall–Kier alpha value is -1.08. The van der Waals surface area contributed by atoms with Crippen LogP contribution in [0.3, 0.4) is 0 Å². The SMILES string of the molecule is CC12CCC3C(=CC(=O)C4(O)CC(O)C(O)CC34C)C1(O)CCC2=O. The lowest BCUT2D eigenvalue weighted by Gasteiger charge is -2.61. The van der Waals surface area contributed by atoms with Gasteiger partial charge < -0.3 is 20.4 Å². The largest absolute Gasteiger partial charge is 0.390 e. The van der Waals surface area contributed by atoms with Crippen molar-refractivity contribution in [2.45, 2.75) is 75.8 Å². The van der Waals surface area contributed by atoms with Crippen LogP contribution in [0.5, 0.6) is 0 Å². The highest BCUT2D eigenvalue weighted by Crippen LogP contribution is 2.65. The van der Waals surface area contributed by atoms with Crippen molar-refractivity contribution in [3.05, 3.63) is 11.6 Å². The molecular formula is C19H26O6. The predicted molar refractivity (Wildman–Crippen MR) is 87.4 cm³/mol. The molecule has 0 radical (unpaired) electrons. The van der Waals surface area contributed by atoms with E-state index in [4.69, 9.17) is 0 Å². The van der Waals surface area contributed by atoms with E-state index >= 15 is 0 Å². The molecule has 6 heteroatoms. The molecule has 0 aliphatic heterocycles. The van der Waals surface area contributed by atoms with E-state index in [0.29, 0.717) is 18.4 Å². The fourth-order valence-electron chi connectivity index (χ4n) is 6.13. The van der Waals surface area contributed by atoms with E-state index in [2.05, 4.69) is 0 Å². The van der Waals surface area contributed by atoms with Gasteiger partial charge >= 0.3 is 0 Å². The van der Waals surface area contributed by atoms with Gasteiger partial charge in [0.05, 0.1) is 23.2 Å². The summed E-state index contributed by atoms with van der Waals surface area (Å²) >= 11 is 0. The summed E-state index contributed by atoms with van der Waals surface area (Å²) in [4.78, 5) is 25.3. The van der Waals surface area contributed by atoms with E-state index < -0.39 is 40.0 Å². The van der Waals surface area contributed by atoms with E-state index in [1.54, 1.807) is 13.8 Å². The Morgan fingerprint density at radius 2 is 1.64 bits per heavy atom. The molecule has 0 spiro atoms. The van der Waals surface area contributed by atoms with Gasteiger partial charge in [-0.3, -0.25) is 9.59 Å². The molecule has 4 N–H and O–H groups in total. The van der Waals surface area contributed by atoms with Gasteiger partial charge in [-0.15, -0.1) is 0 Å². The number of aliphatic hydroxyl groups is 4. The Morgan fingerprint density at radius 1 is 1.00 bits per heavy atom. The second kappa shape index (κ2) is 4.80. The number of hydrogen-bond acceptors (Lipinski definition) is 6. The topological polar surface area (TPSA) is 115 Å². The van der Waals surface area contributed by atoms with Crippen molar-refractivity contribution in [1.29, 1.82) is 0 Å². The van der Waals surface area contributed by atoms with E-state index in [1.807, 2.05) is 0 Å². The molecule has 0 amide bonds. The molecule has 6 nitrogen and oxygen atoms in total. The Morgan fingerprint density at radius 3 is 2.32 bits per heavy atom. The molecular weight excluding hydrogens is 324 g/mol. The second-order valence-electron chi connectivity index (χ2n) is 8.99. The van der Waals surface area contributed by atoms with E-state index in [1.165, 1.54) is 6.08 Å². The van der Waals surface area contributed by atoms with E-state index in [0.717, 1.165) is 0 Å². The van der Waals surface area contributed by atoms with Gasteiger partial charge in [-0.25, -0.2) is 0 Å². The van der Waals surface area contributed by atoms with Crippen molar-refractivity contribution >= 4 is 11.6 Å². The van der Waals surface area contributed by atoms with Gasteiger partial charge in [0.2, 0.25) is 0 Å². The third-order valence-corrected chi connectivity index (χ3v) is 8.02. The molecule has 0 heterocycles. The number of carbonyl (C=O) groups excluding carboxylic acids is 2. The summed E-state index contributed by atoms with van der Waals surface area (Å²) in [5, 5.41) is 42.8. The summed E-state index contributed by atoms with van der Waals surface area (Å²) in [5.74, 6) is -0.822. The fraction of sp³-hybridized carbons (Fsp3) is 0.789. The van der Waals surface area contributed by atoms with Crippen LogP contribution in [0, 0.1) is 16.7 Å². The number of rotatable bonds is 0. The molecule has 0 aromatic heterocycles. The summed E-state index contributed by atoms with van der Waals surface area (Å²) < 4.78 is 0. The first-order chi connectivity index (χ1) is 11.5. The number of hydrogen-bond donors (Lipinski definition) is 4. The molecule has 0 saturated heterocycles. The highest BCUT2D eigenvalue weighted by Gasteiger charge is 2.70. The fourth-order valence-corrected chi connectivity index (χ4v) is 6.13. The Bertz CT molecular complexity index is 700. The number of aliphatic hydroxyl groups excluding tert-OH is 2. The first kappa shape index (κ1) is 17.3. The van der Waals surface area contributed by atoms with Crippen LogP contribution in [0.25, 0.3) is 0 Å². The quantitative estimate of drug-likeness (QED) is 0.498. The van der Waals surface area contributed by atoms with Crippen LogP contribution in [0.15, 0.2) is 11.6 Å². The zero-order valence-corrected chi connectivity index (χ0v) is 14.7. The van der Waals surface area contributed by atoms with Crippen LogP contribution in [0.1, 0.15) is 52.4 Å². The minimum absolute atomic E-state index is 0.0203. The third kappa shape index (κ3) is 1.79. The van der Waals surface area contributed by atoms with Gasteiger partial charge in [0.1, 0.15) is 11.4 Å². The van der Waals surface area contributed by atoms with Crippen molar-refractivity contribution in [3.63, 3.8) is 0 Å². The van der Waals surface area contributed by atoms with E-state index in [-0.39, 0.29) is 37.4 Å². The maximum Gasteiger partial charge on any atom is 0.187 e. The molecule has 4 aliphatic rings. The highest BCUT2D eigenvalue weighted by molar-refractivity contribution is 6.01. The summed E-state index contributed by atoms with van der Waals surface area (Å²) in [7, 11) is 0. The van der Waals surface area contributed by atoms with Gasteiger partial charge in [0.15, 0.2) is 5.78 Å². The second-order valence-corrected chi connectivity index (χ2v) is 8.99. The molecule has 7 unspecified atom stereocenters. The molecule has 4 rings (SSSR count). The van der Waals surface area contributed by atoms with Crippen LogP contribution in [-0.4, -0.2) is 55.4 Å². The molecule has 25 heavy (non-hydrogen) atoms. The maximum absolute atomic E-state index is 12.9. The van der Waals surface area contributed by atoms with Crippen molar-refractivity contribution in [1.82, 2.24) is 0 Å². The van der Waals surface area contributed by atoms with Crippen LogP contribution >= 0.6 is 0 Å².